The lowest BCUT2D eigenvalue weighted by atomic mass is 9.92. The van der Waals surface area contributed by atoms with Crippen LogP contribution in [0.25, 0.3) is 143 Å². The van der Waals surface area contributed by atoms with E-state index in [1.54, 1.807) is 0 Å². The molecule has 10 aromatic carbocycles. The predicted octanol–water partition coefficient (Wildman–Crippen LogP) is 14.7. The maximum Gasteiger partial charge on any atom is 0.229 e. The first-order valence-corrected chi connectivity index (χ1v) is 22.0. The molecule has 0 amide bonds. The van der Waals surface area contributed by atoms with Crippen LogP contribution in [0.2, 0.25) is 0 Å². The highest BCUT2D eigenvalue weighted by Gasteiger charge is 2.21. The molecule has 0 saturated carbocycles. The van der Waals surface area contributed by atoms with E-state index in [2.05, 4.69) is 179 Å². The van der Waals surface area contributed by atoms with Gasteiger partial charge in [-0.15, -0.1) is 0 Å². The van der Waals surface area contributed by atoms with Gasteiger partial charge in [0, 0.05) is 36.3 Å². The molecule has 0 fully saturated rings. The Hall–Kier alpha value is -8.88. The predicted molar refractivity (Wildman–Crippen MR) is 267 cm³/mol. The van der Waals surface area contributed by atoms with Crippen LogP contribution in [0.15, 0.2) is 192 Å². The minimum Gasteiger partial charge on any atom is -0.443 e. The fourth-order valence-electron chi connectivity index (χ4n) is 10.4. The van der Waals surface area contributed by atoms with Crippen molar-refractivity contribution in [3.8, 4) is 56.0 Å². The summed E-state index contributed by atoms with van der Waals surface area (Å²) in [7, 11) is 4.11. The SMILES string of the molecule is Cn1cnc2cccc(-c3ccc4c(ccc5c(-c6ccc(-c7nc8cccc(-c9ccc%10c(ccc%11cc(-c%12cccc%13ncoc%12%13)ccc%11%10)c9)c8o7)c7ncn(C)c67)cccc54)c3)c21. The van der Waals surface area contributed by atoms with Gasteiger partial charge in [0.25, 0.3) is 0 Å². The van der Waals surface area contributed by atoms with E-state index < -0.39 is 0 Å². The summed E-state index contributed by atoms with van der Waals surface area (Å²) in [5.74, 6) is 0.540. The number of nitrogens with zero attached hydrogens (tertiary/aromatic N) is 6. The van der Waals surface area contributed by atoms with Crippen molar-refractivity contribution in [1.82, 2.24) is 29.1 Å². The summed E-state index contributed by atoms with van der Waals surface area (Å²) in [5, 5.41) is 9.48. The molecule has 0 aliphatic heterocycles. The van der Waals surface area contributed by atoms with Gasteiger partial charge in [-0.1, -0.05) is 121 Å². The van der Waals surface area contributed by atoms with Crippen molar-refractivity contribution in [2.75, 3.05) is 0 Å². The average molecular weight is 849 g/mol. The Morgan fingerprint density at radius 2 is 0.955 bits per heavy atom. The Morgan fingerprint density at radius 1 is 0.394 bits per heavy atom. The average Bonchev–Trinajstić information content (AvgIpc) is 4.19. The fourth-order valence-corrected chi connectivity index (χ4v) is 10.4. The van der Waals surface area contributed by atoms with Crippen LogP contribution < -0.4 is 0 Å². The molecule has 14 aromatic rings. The summed E-state index contributed by atoms with van der Waals surface area (Å²) in [6.07, 6.45) is 5.27. The van der Waals surface area contributed by atoms with Crippen LogP contribution in [-0.4, -0.2) is 29.1 Å². The van der Waals surface area contributed by atoms with Gasteiger partial charge < -0.3 is 18.0 Å². The molecule has 14 rings (SSSR count). The van der Waals surface area contributed by atoms with Gasteiger partial charge in [-0.05, 0) is 108 Å². The molecule has 0 unspecified atom stereocenters. The van der Waals surface area contributed by atoms with Crippen LogP contribution in [-0.2, 0) is 14.1 Å². The second kappa shape index (κ2) is 13.8. The second-order valence-corrected chi connectivity index (χ2v) is 17.3. The molecular weight excluding hydrogens is 813 g/mol. The molecule has 4 heterocycles. The van der Waals surface area contributed by atoms with Gasteiger partial charge in [-0.3, -0.25) is 0 Å². The molecule has 8 heteroatoms. The number of oxazole rings is 2. The molecule has 66 heavy (non-hydrogen) atoms. The summed E-state index contributed by atoms with van der Waals surface area (Å²) >= 11 is 0. The van der Waals surface area contributed by atoms with E-state index in [9.17, 15) is 0 Å². The minimum absolute atomic E-state index is 0.540. The van der Waals surface area contributed by atoms with E-state index in [1.165, 1.54) is 49.8 Å². The maximum absolute atomic E-state index is 6.77. The molecule has 8 nitrogen and oxygen atoms in total. The number of rotatable bonds is 5. The lowest BCUT2D eigenvalue weighted by molar-refractivity contribution is 0.603. The van der Waals surface area contributed by atoms with Crippen LogP contribution in [0, 0.1) is 0 Å². The topological polar surface area (TPSA) is 87.7 Å². The third-order valence-electron chi connectivity index (χ3n) is 13.5. The molecule has 4 aromatic heterocycles. The van der Waals surface area contributed by atoms with Gasteiger partial charge in [0.2, 0.25) is 5.89 Å². The van der Waals surface area contributed by atoms with Crippen LogP contribution in [0.3, 0.4) is 0 Å². The number of aromatic nitrogens is 6. The number of benzene rings is 10. The highest BCUT2D eigenvalue weighted by Crippen LogP contribution is 2.42. The van der Waals surface area contributed by atoms with Gasteiger partial charge in [-0.2, -0.15) is 0 Å². The van der Waals surface area contributed by atoms with Crippen molar-refractivity contribution in [1.29, 1.82) is 0 Å². The van der Waals surface area contributed by atoms with Crippen molar-refractivity contribution in [3.63, 3.8) is 0 Å². The molecule has 0 aliphatic carbocycles. The number of hydrogen-bond acceptors (Lipinski definition) is 6. The van der Waals surface area contributed by atoms with E-state index in [-0.39, 0.29) is 0 Å². The van der Waals surface area contributed by atoms with E-state index in [0.717, 1.165) is 94.0 Å². The van der Waals surface area contributed by atoms with Crippen LogP contribution in [0.4, 0.5) is 0 Å². The number of hydrogen-bond donors (Lipinski definition) is 0. The zero-order valence-electron chi connectivity index (χ0n) is 35.8. The van der Waals surface area contributed by atoms with Crippen molar-refractivity contribution >= 4 is 87.4 Å². The van der Waals surface area contributed by atoms with E-state index in [4.69, 9.17) is 18.8 Å². The van der Waals surface area contributed by atoms with Crippen molar-refractivity contribution in [2.45, 2.75) is 0 Å². The molecule has 0 N–H and O–H groups in total. The number of aryl methyl sites for hydroxylation is 2. The van der Waals surface area contributed by atoms with Gasteiger partial charge in [0.15, 0.2) is 17.6 Å². The maximum atomic E-state index is 6.77. The van der Waals surface area contributed by atoms with E-state index >= 15 is 0 Å². The number of para-hydroxylation sites is 3. The zero-order valence-corrected chi connectivity index (χ0v) is 35.8. The highest BCUT2D eigenvalue weighted by molar-refractivity contribution is 6.16. The largest absolute Gasteiger partial charge is 0.443 e. The Balaban J connectivity index is 0.831. The lowest BCUT2D eigenvalue weighted by Gasteiger charge is -2.13. The summed E-state index contributed by atoms with van der Waals surface area (Å²) < 4.78 is 16.7. The van der Waals surface area contributed by atoms with Crippen molar-refractivity contribution in [2.24, 2.45) is 14.1 Å². The zero-order chi connectivity index (χ0) is 43.6. The van der Waals surface area contributed by atoms with Crippen molar-refractivity contribution in [3.05, 3.63) is 183 Å². The first-order chi connectivity index (χ1) is 32.5. The molecule has 0 spiro atoms. The van der Waals surface area contributed by atoms with Crippen molar-refractivity contribution < 1.29 is 8.83 Å². The smallest absolute Gasteiger partial charge is 0.229 e. The number of fused-ring (bicyclic) bond motifs is 10. The third-order valence-corrected chi connectivity index (χ3v) is 13.5. The summed E-state index contributed by atoms with van der Waals surface area (Å²) in [6.45, 7) is 0. The normalized spacial score (nSPS) is 12.1. The fraction of sp³-hybridized carbons (Fsp3) is 0.0345. The standard InChI is InChI=1S/C58H36N6O2/c1-63-30-59-50-12-4-7-42(54(50)63)36-17-23-41-35(27-36)20-24-47-45(41)10-3-11-46(47)48-25-26-49(53-55(48)64(2)31-60-53)58-62-52-14-6-9-44(57(52)66-58)38-19-22-40-34(29-38)16-15-33-28-37(18-21-39(33)40)43-8-5-13-51-56(43)65-32-61-51/h3-32H,1-2H3. The van der Waals surface area contributed by atoms with Gasteiger partial charge in [-0.25, -0.2) is 19.9 Å². The highest BCUT2D eigenvalue weighted by atomic mass is 16.3. The molecule has 310 valence electrons. The Bertz CT molecular complexity index is 4340. The Labute approximate surface area is 376 Å². The first kappa shape index (κ1) is 36.6. The molecule has 0 aliphatic rings. The van der Waals surface area contributed by atoms with Gasteiger partial charge in [0.05, 0.1) is 34.8 Å². The molecule has 0 atom stereocenters. The Kier molecular flexibility index (Phi) is 7.66. The first-order valence-electron chi connectivity index (χ1n) is 22.0. The molecule has 0 radical (unpaired) electrons. The molecule has 0 saturated heterocycles. The Morgan fingerprint density at radius 3 is 1.71 bits per heavy atom. The van der Waals surface area contributed by atoms with Gasteiger partial charge in [0.1, 0.15) is 16.6 Å². The van der Waals surface area contributed by atoms with E-state index in [1.807, 2.05) is 30.9 Å². The second-order valence-electron chi connectivity index (χ2n) is 17.3. The van der Waals surface area contributed by atoms with Crippen LogP contribution in [0.1, 0.15) is 0 Å². The van der Waals surface area contributed by atoms with Gasteiger partial charge >= 0.3 is 0 Å². The van der Waals surface area contributed by atoms with Crippen LogP contribution in [0.5, 0.6) is 0 Å². The lowest BCUT2D eigenvalue weighted by Crippen LogP contribution is -1.92. The minimum atomic E-state index is 0.540. The quantitative estimate of drug-likeness (QED) is 0.160. The number of imidazole rings is 2. The summed E-state index contributed by atoms with van der Waals surface area (Å²) in [5.41, 5.74) is 16.8. The monoisotopic (exact) mass is 848 g/mol. The third kappa shape index (κ3) is 5.39. The van der Waals surface area contributed by atoms with Crippen LogP contribution >= 0.6 is 0 Å². The summed E-state index contributed by atoms with van der Waals surface area (Å²) in [6, 6.07) is 58.4. The van der Waals surface area contributed by atoms with E-state index in [0.29, 0.717) is 5.89 Å². The molecular formula is C58H36N6O2. The molecule has 0 bridgehead atoms. The summed E-state index contributed by atoms with van der Waals surface area (Å²) in [4.78, 5) is 19.0.